The summed E-state index contributed by atoms with van der Waals surface area (Å²) in [4.78, 5) is 19.4. The van der Waals surface area contributed by atoms with E-state index in [1.165, 1.54) is 0 Å². The van der Waals surface area contributed by atoms with Gasteiger partial charge in [0.1, 0.15) is 0 Å². The predicted octanol–water partition coefficient (Wildman–Crippen LogP) is -0.413. The van der Waals surface area contributed by atoms with Gasteiger partial charge in [-0.3, -0.25) is 4.57 Å². The van der Waals surface area contributed by atoms with Crippen molar-refractivity contribution in [2.75, 3.05) is 25.8 Å². The van der Waals surface area contributed by atoms with Crippen LogP contribution in [0.25, 0.3) is 0 Å². The van der Waals surface area contributed by atoms with Crippen LogP contribution in [0.4, 0.5) is 0 Å². The van der Waals surface area contributed by atoms with E-state index in [1.54, 1.807) is 0 Å². The van der Waals surface area contributed by atoms with E-state index in [2.05, 4.69) is 4.90 Å². The highest BCUT2D eigenvalue weighted by Gasteiger charge is 2.19. The topological polar surface area (TPSA) is 86.8 Å². The van der Waals surface area contributed by atoms with E-state index >= 15 is 0 Å². The summed E-state index contributed by atoms with van der Waals surface area (Å²) in [6.45, 7) is 2.21. The summed E-state index contributed by atoms with van der Waals surface area (Å²) in [7, 11) is -3.82. The van der Waals surface area contributed by atoms with Gasteiger partial charge in [-0.25, -0.2) is 0 Å². The maximum absolute atomic E-state index is 10.6. The highest BCUT2D eigenvalue weighted by atomic mass is 31.2. The Morgan fingerprint density at radius 3 is 2.38 bits per heavy atom. The molecule has 1 saturated heterocycles. The molecule has 0 unspecified atom stereocenters. The van der Waals surface area contributed by atoms with Gasteiger partial charge in [0.25, 0.3) is 0 Å². The summed E-state index contributed by atoms with van der Waals surface area (Å²) in [5.41, 5.74) is 5.70. The second-order valence-corrected chi connectivity index (χ2v) is 5.34. The van der Waals surface area contributed by atoms with Crippen molar-refractivity contribution in [3.63, 3.8) is 0 Å². The lowest BCUT2D eigenvalue weighted by Gasteiger charge is -2.29. The van der Waals surface area contributed by atoms with Crippen molar-refractivity contribution in [1.29, 1.82) is 0 Å². The summed E-state index contributed by atoms with van der Waals surface area (Å²) < 4.78 is 10.6. The van der Waals surface area contributed by atoms with Crippen LogP contribution in [0.2, 0.25) is 0 Å². The third-order valence-corrected chi connectivity index (χ3v) is 3.12. The Labute approximate surface area is 78.1 Å². The molecule has 1 fully saturated rings. The lowest BCUT2D eigenvalue weighted by atomic mass is 10.1. The molecular formula is C7H17N2O3P. The van der Waals surface area contributed by atoms with Gasteiger partial charge in [-0.2, -0.15) is 0 Å². The van der Waals surface area contributed by atoms with Crippen LogP contribution < -0.4 is 5.73 Å². The number of likely N-dealkylation sites (tertiary alicyclic amines) is 1. The molecule has 5 nitrogen and oxygen atoms in total. The first-order valence-electron chi connectivity index (χ1n) is 4.50. The summed E-state index contributed by atoms with van der Waals surface area (Å²) in [5, 5.41) is 0. The van der Waals surface area contributed by atoms with Crippen LogP contribution in [0.3, 0.4) is 0 Å². The normalized spacial score (nSPS) is 22.1. The lowest BCUT2D eigenvalue weighted by Crippen LogP contribution is -2.40. The first kappa shape index (κ1) is 11.1. The Kier molecular flexibility index (Phi) is 3.88. The molecule has 1 heterocycles. The Bertz CT molecular complexity index is 198. The Balaban J connectivity index is 2.20. The summed E-state index contributed by atoms with van der Waals surface area (Å²) in [6.07, 6.45) is 1.82. The molecule has 0 aromatic rings. The molecule has 0 amide bonds. The Morgan fingerprint density at radius 1 is 1.38 bits per heavy atom. The molecule has 0 spiro atoms. The third kappa shape index (κ3) is 4.74. The van der Waals surface area contributed by atoms with E-state index in [-0.39, 0.29) is 12.2 Å². The molecular weight excluding hydrogens is 191 g/mol. The van der Waals surface area contributed by atoms with Crippen LogP contribution in [0.5, 0.6) is 0 Å². The monoisotopic (exact) mass is 208 g/mol. The van der Waals surface area contributed by atoms with Crippen molar-refractivity contribution in [2.45, 2.75) is 18.9 Å². The van der Waals surface area contributed by atoms with Gasteiger partial charge in [-0.15, -0.1) is 0 Å². The van der Waals surface area contributed by atoms with E-state index in [9.17, 15) is 4.57 Å². The second kappa shape index (κ2) is 4.53. The van der Waals surface area contributed by atoms with Gasteiger partial charge in [0.2, 0.25) is 0 Å². The van der Waals surface area contributed by atoms with Gasteiger partial charge in [0.15, 0.2) is 0 Å². The van der Waals surface area contributed by atoms with E-state index in [4.69, 9.17) is 15.5 Å². The Morgan fingerprint density at radius 2 is 1.92 bits per heavy atom. The average molecular weight is 208 g/mol. The van der Waals surface area contributed by atoms with E-state index in [1.807, 2.05) is 0 Å². The zero-order valence-electron chi connectivity index (χ0n) is 7.59. The van der Waals surface area contributed by atoms with Gasteiger partial charge < -0.3 is 20.4 Å². The highest BCUT2D eigenvalue weighted by molar-refractivity contribution is 7.51. The van der Waals surface area contributed by atoms with Crippen molar-refractivity contribution >= 4 is 7.60 Å². The number of nitrogens with zero attached hydrogens (tertiary/aromatic N) is 1. The van der Waals surface area contributed by atoms with Gasteiger partial charge >= 0.3 is 7.60 Å². The molecule has 1 aliphatic heterocycles. The molecule has 1 rings (SSSR count). The minimum Gasteiger partial charge on any atom is -0.328 e. The maximum Gasteiger partial charge on any atom is 0.326 e. The number of rotatable bonds is 3. The average Bonchev–Trinajstić information content (AvgIpc) is 2.02. The fourth-order valence-electron chi connectivity index (χ4n) is 1.45. The van der Waals surface area contributed by atoms with Crippen LogP contribution in [0, 0.1) is 0 Å². The molecule has 4 N–H and O–H groups in total. The fraction of sp³-hybridized carbons (Fsp3) is 1.00. The van der Waals surface area contributed by atoms with Crippen LogP contribution in [0.15, 0.2) is 0 Å². The smallest absolute Gasteiger partial charge is 0.326 e. The molecule has 6 heteroatoms. The first-order valence-corrected chi connectivity index (χ1v) is 6.29. The molecule has 1 aliphatic rings. The third-order valence-electron chi connectivity index (χ3n) is 2.34. The molecule has 13 heavy (non-hydrogen) atoms. The van der Waals surface area contributed by atoms with Crippen LogP contribution in [-0.4, -0.2) is 46.5 Å². The first-order chi connectivity index (χ1) is 5.97. The molecule has 0 saturated carbocycles. The zero-order valence-corrected chi connectivity index (χ0v) is 8.49. The summed E-state index contributed by atoms with van der Waals surface area (Å²) >= 11 is 0. The van der Waals surface area contributed by atoms with Gasteiger partial charge in [-0.05, 0) is 25.9 Å². The number of piperidine rings is 1. The maximum atomic E-state index is 10.6. The second-order valence-electron chi connectivity index (χ2n) is 3.57. The molecule has 78 valence electrons. The lowest BCUT2D eigenvalue weighted by molar-refractivity contribution is 0.220. The van der Waals surface area contributed by atoms with Crippen LogP contribution in [0.1, 0.15) is 12.8 Å². The van der Waals surface area contributed by atoms with E-state index in [0.717, 1.165) is 25.9 Å². The van der Waals surface area contributed by atoms with Gasteiger partial charge in [0.05, 0.1) is 6.16 Å². The zero-order chi connectivity index (χ0) is 9.90. The highest BCUT2D eigenvalue weighted by Crippen LogP contribution is 2.33. The summed E-state index contributed by atoms with van der Waals surface area (Å²) in [5.74, 6) is 0. The fourth-order valence-corrected chi connectivity index (χ4v) is 1.99. The molecule has 0 atom stereocenters. The number of hydrogen-bond donors (Lipinski definition) is 3. The molecule has 0 bridgehead atoms. The van der Waals surface area contributed by atoms with Crippen molar-refractivity contribution in [3.05, 3.63) is 0 Å². The Hall–Kier alpha value is 0.0700. The largest absolute Gasteiger partial charge is 0.328 e. The van der Waals surface area contributed by atoms with Crippen molar-refractivity contribution in [1.82, 2.24) is 4.90 Å². The van der Waals surface area contributed by atoms with E-state index in [0.29, 0.717) is 6.54 Å². The van der Waals surface area contributed by atoms with Crippen molar-refractivity contribution < 1.29 is 14.4 Å². The standard InChI is InChI=1S/C7H17N2O3P/c8-7-1-3-9(4-2-7)5-6-13(10,11)12/h7H,1-6,8H2,(H2,10,11,12). The van der Waals surface area contributed by atoms with Crippen molar-refractivity contribution in [3.8, 4) is 0 Å². The van der Waals surface area contributed by atoms with Crippen LogP contribution >= 0.6 is 7.60 Å². The molecule has 0 aromatic heterocycles. The minimum absolute atomic E-state index is 0.0394. The van der Waals surface area contributed by atoms with E-state index < -0.39 is 7.60 Å². The number of hydrogen-bond acceptors (Lipinski definition) is 3. The van der Waals surface area contributed by atoms with Crippen molar-refractivity contribution in [2.24, 2.45) is 5.73 Å². The molecule has 0 aliphatic carbocycles. The molecule has 0 aromatic carbocycles. The SMILES string of the molecule is NC1CCN(CCP(=O)(O)O)CC1. The minimum atomic E-state index is -3.82. The van der Waals surface area contributed by atoms with Gasteiger partial charge in [-0.1, -0.05) is 0 Å². The number of nitrogens with two attached hydrogens (primary N) is 1. The summed E-state index contributed by atoms with van der Waals surface area (Å²) in [6, 6.07) is 0.270. The molecule has 0 radical (unpaired) electrons. The predicted molar refractivity (Wildman–Crippen MR) is 50.6 cm³/mol. The van der Waals surface area contributed by atoms with Gasteiger partial charge in [0, 0.05) is 12.6 Å². The quantitative estimate of drug-likeness (QED) is 0.549. The van der Waals surface area contributed by atoms with Crippen LogP contribution in [-0.2, 0) is 4.57 Å².